The fraction of sp³-hybridized carbons (Fsp3) is 0.125. The number of nitro groups is 1. The molecule has 0 heterocycles. The molecule has 0 aliphatic heterocycles. The van der Waals surface area contributed by atoms with Gasteiger partial charge in [-0.05, 0) is 18.2 Å². The van der Waals surface area contributed by atoms with E-state index in [4.69, 9.17) is 21.1 Å². The molecule has 0 fully saturated rings. The minimum Gasteiger partial charge on any atom is -0.500 e. The minimum atomic E-state index is -0.759. The number of hydrogen-bond donors (Lipinski definition) is 2. The fourth-order valence-electron chi connectivity index (χ4n) is 1.90. The summed E-state index contributed by atoms with van der Waals surface area (Å²) in [5.41, 5.74) is 1.92. The number of amides is 1. The summed E-state index contributed by atoms with van der Waals surface area (Å²) in [5.74, 6) is -0.880. The first kappa shape index (κ1) is 19.0. The van der Waals surface area contributed by atoms with Crippen LogP contribution in [0.4, 0.5) is 5.69 Å². The molecule has 0 saturated heterocycles. The number of hydrazone groups is 1. The molecule has 1 amide bonds. The van der Waals surface area contributed by atoms with Crippen LogP contribution in [0.3, 0.4) is 0 Å². The second kappa shape index (κ2) is 8.67. The maximum absolute atomic E-state index is 11.7. The average molecular weight is 380 g/mol. The van der Waals surface area contributed by atoms with Crippen molar-refractivity contribution in [3.8, 4) is 17.2 Å². The molecular weight excluding hydrogens is 366 g/mol. The maximum Gasteiger partial charge on any atom is 0.315 e. The van der Waals surface area contributed by atoms with Gasteiger partial charge >= 0.3 is 5.69 Å². The molecule has 10 heteroatoms. The Morgan fingerprint density at radius 1 is 1.38 bits per heavy atom. The molecule has 0 unspecified atom stereocenters. The number of ether oxygens (including phenoxy) is 2. The average Bonchev–Trinajstić information content (AvgIpc) is 2.62. The number of aromatic hydroxyl groups is 1. The van der Waals surface area contributed by atoms with Crippen LogP contribution in [-0.2, 0) is 4.79 Å². The van der Waals surface area contributed by atoms with E-state index in [0.717, 1.165) is 6.07 Å². The van der Waals surface area contributed by atoms with Crippen molar-refractivity contribution in [1.29, 1.82) is 0 Å². The van der Waals surface area contributed by atoms with Crippen molar-refractivity contribution in [2.45, 2.75) is 0 Å². The molecule has 0 aliphatic carbocycles. The molecule has 2 aromatic carbocycles. The Labute approximate surface area is 153 Å². The summed E-state index contributed by atoms with van der Waals surface area (Å²) in [6, 6.07) is 9.10. The molecule has 2 rings (SSSR count). The Balaban J connectivity index is 1.99. The number of carbonyl (C=O) groups is 1. The first-order chi connectivity index (χ1) is 12.4. The topological polar surface area (TPSA) is 123 Å². The van der Waals surface area contributed by atoms with Crippen LogP contribution in [-0.4, -0.2) is 35.9 Å². The van der Waals surface area contributed by atoms with E-state index in [1.165, 1.54) is 19.4 Å². The van der Waals surface area contributed by atoms with Gasteiger partial charge in [-0.3, -0.25) is 14.9 Å². The molecule has 9 nitrogen and oxygen atoms in total. The molecule has 26 heavy (non-hydrogen) atoms. The van der Waals surface area contributed by atoms with Crippen LogP contribution in [0, 0.1) is 10.1 Å². The molecule has 0 aromatic heterocycles. The predicted octanol–water partition coefficient (Wildman–Crippen LogP) is 2.49. The van der Waals surface area contributed by atoms with Gasteiger partial charge in [-0.25, -0.2) is 5.43 Å². The zero-order chi connectivity index (χ0) is 19.1. The smallest absolute Gasteiger partial charge is 0.315 e. The normalized spacial score (nSPS) is 10.5. The number of carbonyl (C=O) groups excluding carboxylic acids is 1. The van der Waals surface area contributed by atoms with Crippen LogP contribution >= 0.6 is 11.6 Å². The minimum absolute atomic E-state index is 0.0889. The largest absolute Gasteiger partial charge is 0.500 e. The molecule has 0 saturated carbocycles. The van der Waals surface area contributed by atoms with Crippen LogP contribution < -0.4 is 14.9 Å². The van der Waals surface area contributed by atoms with E-state index in [2.05, 4.69) is 10.5 Å². The van der Waals surface area contributed by atoms with Crippen LogP contribution in [0.2, 0.25) is 5.02 Å². The number of nitro benzene ring substituents is 1. The van der Waals surface area contributed by atoms with Crippen molar-refractivity contribution in [2.24, 2.45) is 5.10 Å². The van der Waals surface area contributed by atoms with Crippen LogP contribution in [0.1, 0.15) is 5.56 Å². The zero-order valence-electron chi connectivity index (χ0n) is 13.5. The van der Waals surface area contributed by atoms with Crippen molar-refractivity contribution in [3.05, 3.63) is 57.1 Å². The number of nitrogens with one attached hydrogen (secondary N) is 1. The quantitative estimate of drug-likeness (QED) is 0.432. The van der Waals surface area contributed by atoms with Gasteiger partial charge in [0, 0.05) is 11.6 Å². The van der Waals surface area contributed by atoms with E-state index < -0.39 is 22.3 Å². The second-order valence-corrected chi connectivity index (χ2v) is 5.27. The first-order valence-corrected chi connectivity index (χ1v) is 7.54. The summed E-state index contributed by atoms with van der Waals surface area (Å²) in [5, 5.41) is 24.7. The summed E-state index contributed by atoms with van der Waals surface area (Å²) in [6.07, 6.45) is 1.17. The third-order valence-corrected chi connectivity index (χ3v) is 3.40. The summed E-state index contributed by atoms with van der Waals surface area (Å²) >= 11 is 5.90. The van der Waals surface area contributed by atoms with Crippen molar-refractivity contribution >= 4 is 29.4 Å². The summed E-state index contributed by atoms with van der Waals surface area (Å²) in [7, 11) is 1.26. The van der Waals surface area contributed by atoms with Gasteiger partial charge in [-0.1, -0.05) is 23.7 Å². The number of halogens is 1. The number of methoxy groups -OCH3 is 1. The Bertz CT molecular complexity index is 856. The predicted molar refractivity (Wildman–Crippen MR) is 94.0 cm³/mol. The molecule has 2 N–H and O–H groups in total. The van der Waals surface area contributed by atoms with E-state index in [1.54, 1.807) is 24.3 Å². The number of benzene rings is 2. The number of nitrogens with zero attached hydrogens (tertiary/aromatic N) is 2. The van der Waals surface area contributed by atoms with E-state index in [1.807, 2.05) is 0 Å². The lowest BCUT2D eigenvalue weighted by molar-refractivity contribution is -0.386. The summed E-state index contributed by atoms with van der Waals surface area (Å²) < 4.78 is 10.1. The molecule has 0 bridgehead atoms. The van der Waals surface area contributed by atoms with Gasteiger partial charge in [0.25, 0.3) is 5.91 Å². The van der Waals surface area contributed by atoms with Gasteiger partial charge < -0.3 is 14.6 Å². The Morgan fingerprint density at radius 2 is 2.12 bits per heavy atom. The third kappa shape index (κ3) is 4.84. The highest BCUT2D eigenvalue weighted by molar-refractivity contribution is 6.32. The van der Waals surface area contributed by atoms with Crippen molar-refractivity contribution in [3.63, 3.8) is 0 Å². The lowest BCUT2D eigenvalue weighted by Crippen LogP contribution is -2.24. The number of phenols is 1. The monoisotopic (exact) mass is 379 g/mol. The molecule has 0 spiro atoms. The van der Waals surface area contributed by atoms with E-state index in [9.17, 15) is 20.0 Å². The number of phenolic OH excluding ortho intramolecular Hbond substituents is 1. The van der Waals surface area contributed by atoms with Gasteiger partial charge in [0.1, 0.15) is 5.75 Å². The first-order valence-electron chi connectivity index (χ1n) is 7.17. The van der Waals surface area contributed by atoms with Gasteiger partial charge in [0.2, 0.25) is 5.75 Å². The fourth-order valence-corrected chi connectivity index (χ4v) is 2.09. The standard InChI is InChI=1S/C16H14ClN3O6/c1-25-14-7-10(6-12(16(14)22)20(23)24)8-18-19-15(21)9-26-13-5-3-2-4-11(13)17/h2-8,22H,9H2,1H3,(H,19,21)/b18-8+. The van der Waals surface area contributed by atoms with Crippen molar-refractivity contribution in [2.75, 3.05) is 13.7 Å². The molecule has 0 aliphatic rings. The SMILES string of the molecule is COc1cc(/C=N/NC(=O)COc2ccccc2Cl)cc([N+](=O)[O-])c1O. The number of hydrogen-bond acceptors (Lipinski definition) is 7. The zero-order valence-corrected chi connectivity index (χ0v) is 14.3. The highest BCUT2D eigenvalue weighted by Gasteiger charge is 2.19. The molecular formula is C16H14ClN3O6. The number of para-hydroxylation sites is 1. The van der Waals surface area contributed by atoms with Gasteiger partial charge in [0.05, 0.1) is 23.3 Å². The highest BCUT2D eigenvalue weighted by Crippen LogP contribution is 2.36. The van der Waals surface area contributed by atoms with Crippen LogP contribution in [0.5, 0.6) is 17.2 Å². The highest BCUT2D eigenvalue weighted by atomic mass is 35.5. The molecule has 0 radical (unpaired) electrons. The van der Waals surface area contributed by atoms with Gasteiger partial charge in [-0.15, -0.1) is 0 Å². The molecule has 136 valence electrons. The third-order valence-electron chi connectivity index (χ3n) is 3.09. The molecule has 2 aromatic rings. The Hall–Kier alpha value is -3.33. The van der Waals surface area contributed by atoms with E-state index in [0.29, 0.717) is 10.8 Å². The van der Waals surface area contributed by atoms with Crippen LogP contribution in [0.25, 0.3) is 0 Å². The van der Waals surface area contributed by atoms with Crippen molar-refractivity contribution < 1.29 is 24.3 Å². The van der Waals surface area contributed by atoms with E-state index in [-0.39, 0.29) is 17.9 Å². The summed E-state index contributed by atoms with van der Waals surface area (Å²) in [6.45, 7) is -0.319. The maximum atomic E-state index is 11.7. The van der Waals surface area contributed by atoms with Gasteiger partial charge in [0.15, 0.2) is 12.4 Å². The summed E-state index contributed by atoms with van der Waals surface area (Å²) in [4.78, 5) is 21.9. The van der Waals surface area contributed by atoms with Crippen LogP contribution in [0.15, 0.2) is 41.5 Å². The van der Waals surface area contributed by atoms with E-state index >= 15 is 0 Å². The lowest BCUT2D eigenvalue weighted by atomic mass is 10.2. The lowest BCUT2D eigenvalue weighted by Gasteiger charge is -2.06. The Morgan fingerprint density at radius 3 is 2.77 bits per heavy atom. The van der Waals surface area contributed by atoms with Gasteiger partial charge in [-0.2, -0.15) is 5.10 Å². The number of rotatable bonds is 7. The molecule has 0 atom stereocenters. The Kier molecular flexibility index (Phi) is 6.34. The van der Waals surface area contributed by atoms with Crippen molar-refractivity contribution in [1.82, 2.24) is 5.43 Å². The second-order valence-electron chi connectivity index (χ2n) is 4.86.